The second kappa shape index (κ2) is 6.35. The fraction of sp³-hybridized carbons (Fsp3) is 0.500. The quantitative estimate of drug-likeness (QED) is 0.897. The Bertz CT molecular complexity index is 467. The second-order valence-electron chi connectivity index (χ2n) is 4.98. The van der Waals surface area contributed by atoms with Crippen molar-refractivity contribution >= 4 is 17.5 Å². The number of hydrogen-bond acceptors (Lipinski definition) is 2. The summed E-state index contributed by atoms with van der Waals surface area (Å²) in [7, 11) is 0. The van der Waals surface area contributed by atoms with Gasteiger partial charge in [-0.15, -0.1) is 0 Å². The third-order valence-electron chi connectivity index (χ3n) is 3.70. The molecule has 0 heterocycles. The molecule has 1 aromatic carbocycles. The summed E-state index contributed by atoms with van der Waals surface area (Å²) in [5.74, 6) is -0.383. The van der Waals surface area contributed by atoms with E-state index in [9.17, 15) is 9.18 Å². The molecule has 0 spiro atoms. The van der Waals surface area contributed by atoms with Crippen molar-refractivity contribution in [3.63, 3.8) is 0 Å². The smallest absolute Gasteiger partial charge is 0.253 e. The van der Waals surface area contributed by atoms with Crippen LogP contribution in [0, 0.1) is 11.7 Å². The molecular weight excluding hydrogens is 267 g/mol. The van der Waals surface area contributed by atoms with E-state index in [1.54, 1.807) is 0 Å². The maximum absolute atomic E-state index is 13.0. The van der Waals surface area contributed by atoms with E-state index in [-0.39, 0.29) is 17.0 Å². The van der Waals surface area contributed by atoms with Crippen LogP contribution < -0.4 is 11.1 Å². The average molecular weight is 285 g/mol. The van der Waals surface area contributed by atoms with E-state index < -0.39 is 5.82 Å². The molecule has 1 aromatic rings. The van der Waals surface area contributed by atoms with Crippen molar-refractivity contribution in [3.05, 3.63) is 34.6 Å². The number of nitrogens with two attached hydrogens (primary N) is 1. The van der Waals surface area contributed by atoms with Gasteiger partial charge in [-0.3, -0.25) is 4.79 Å². The molecule has 104 valence electrons. The van der Waals surface area contributed by atoms with Crippen molar-refractivity contribution < 1.29 is 9.18 Å². The minimum absolute atomic E-state index is 0.0902. The van der Waals surface area contributed by atoms with Gasteiger partial charge in [-0.25, -0.2) is 4.39 Å². The maximum Gasteiger partial charge on any atom is 0.253 e. The fourth-order valence-corrected chi connectivity index (χ4v) is 2.85. The maximum atomic E-state index is 13.0. The first-order valence-corrected chi connectivity index (χ1v) is 6.95. The summed E-state index contributed by atoms with van der Waals surface area (Å²) in [5.41, 5.74) is 6.04. The summed E-state index contributed by atoms with van der Waals surface area (Å²) in [4.78, 5) is 12.1. The minimum atomic E-state index is -0.445. The molecule has 19 heavy (non-hydrogen) atoms. The Morgan fingerprint density at radius 3 is 2.84 bits per heavy atom. The molecule has 0 saturated heterocycles. The Hall–Kier alpha value is -1.13. The molecule has 1 saturated carbocycles. The van der Waals surface area contributed by atoms with Crippen LogP contribution in [0.2, 0.25) is 5.02 Å². The van der Waals surface area contributed by atoms with Crippen LogP contribution in [0.3, 0.4) is 0 Å². The molecule has 5 heteroatoms. The minimum Gasteiger partial charge on any atom is -0.349 e. The lowest BCUT2D eigenvalue weighted by molar-refractivity contribution is 0.0908. The number of rotatable bonds is 3. The van der Waals surface area contributed by atoms with E-state index >= 15 is 0 Å². The molecule has 2 unspecified atom stereocenters. The first-order valence-electron chi connectivity index (χ1n) is 6.58. The van der Waals surface area contributed by atoms with Crippen molar-refractivity contribution in [1.29, 1.82) is 0 Å². The third kappa shape index (κ3) is 3.45. The number of benzene rings is 1. The van der Waals surface area contributed by atoms with Crippen LogP contribution in [0.1, 0.15) is 36.0 Å². The van der Waals surface area contributed by atoms with Crippen LogP contribution >= 0.6 is 11.6 Å². The van der Waals surface area contributed by atoms with Gasteiger partial charge in [0.15, 0.2) is 0 Å². The topological polar surface area (TPSA) is 55.1 Å². The molecule has 3 N–H and O–H groups in total. The van der Waals surface area contributed by atoms with E-state index in [2.05, 4.69) is 5.32 Å². The van der Waals surface area contributed by atoms with E-state index in [1.165, 1.54) is 12.1 Å². The summed E-state index contributed by atoms with van der Waals surface area (Å²) in [5, 5.41) is 3.11. The Balaban J connectivity index is 2.07. The molecule has 1 aliphatic carbocycles. The Morgan fingerprint density at radius 1 is 1.42 bits per heavy atom. The Labute approximate surface area is 117 Å². The van der Waals surface area contributed by atoms with Crippen molar-refractivity contribution in [2.45, 2.75) is 31.7 Å². The van der Waals surface area contributed by atoms with E-state index in [1.807, 2.05) is 0 Å². The van der Waals surface area contributed by atoms with E-state index in [0.29, 0.717) is 18.0 Å². The standard InChI is InChI=1S/C14H18ClFN2O/c15-12-7-10(16)5-6-11(12)14(19)18-13-4-2-1-3-9(13)8-17/h5-7,9,13H,1-4,8,17H2,(H,18,19). The monoisotopic (exact) mass is 284 g/mol. The number of halogens is 2. The summed E-state index contributed by atoms with van der Waals surface area (Å²) in [6.07, 6.45) is 4.23. The highest BCUT2D eigenvalue weighted by molar-refractivity contribution is 6.33. The third-order valence-corrected chi connectivity index (χ3v) is 4.02. The lowest BCUT2D eigenvalue weighted by Gasteiger charge is -2.31. The van der Waals surface area contributed by atoms with Gasteiger partial charge in [0.1, 0.15) is 5.82 Å². The summed E-state index contributed by atoms with van der Waals surface area (Å²) < 4.78 is 13.0. The lowest BCUT2D eigenvalue weighted by Crippen LogP contribution is -2.44. The van der Waals surface area contributed by atoms with Gasteiger partial charge in [-0.05, 0) is 43.5 Å². The fourth-order valence-electron chi connectivity index (χ4n) is 2.60. The highest BCUT2D eigenvalue weighted by Crippen LogP contribution is 2.24. The van der Waals surface area contributed by atoms with Crippen LogP contribution in [0.25, 0.3) is 0 Å². The molecule has 1 fully saturated rings. The summed E-state index contributed by atoms with van der Waals surface area (Å²) >= 11 is 5.89. The summed E-state index contributed by atoms with van der Waals surface area (Å²) in [6, 6.07) is 3.89. The normalized spacial score (nSPS) is 23.1. The zero-order valence-electron chi connectivity index (χ0n) is 10.7. The molecule has 1 amide bonds. The van der Waals surface area contributed by atoms with Crippen LogP contribution in [-0.4, -0.2) is 18.5 Å². The van der Waals surface area contributed by atoms with Crippen LogP contribution in [-0.2, 0) is 0 Å². The SMILES string of the molecule is NCC1CCCCC1NC(=O)c1ccc(F)cc1Cl. The Kier molecular flexibility index (Phi) is 4.77. The molecule has 2 atom stereocenters. The van der Waals surface area contributed by atoms with Gasteiger partial charge in [-0.2, -0.15) is 0 Å². The van der Waals surface area contributed by atoms with Crippen LogP contribution in [0.15, 0.2) is 18.2 Å². The number of carbonyl (C=O) groups is 1. The van der Waals surface area contributed by atoms with Crippen LogP contribution in [0.4, 0.5) is 4.39 Å². The largest absolute Gasteiger partial charge is 0.349 e. The number of carbonyl (C=O) groups excluding carboxylic acids is 1. The van der Waals surface area contributed by atoms with Gasteiger partial charge < -0.3 is 11.1 Å². The van der Waals surface area contributed by atoms with Crippen molar-refractivity contribution in [3.8, 4) is 0 Å². The van der Waals surface area contributed by atoms with Gasteiger partial charge in [0.25, 0.3) is 5.91 Å². The van der Waals surface area contributed by atoms with Gasteiger partial charge in [0, 0.05) is 6.04 Å². The predicted octanol–water partition coefficient (Wildman–Crippen LogP) is 2.73. The zero-order valence-corrected chi connectivity index (χ0v) is 11.4. The molecule has 0 aliphatic heterocycles. The van der Waals surface area contributed by atoms with Crippen molar-refractivity contribution in [1.82, 2.24) is 5.32 Å². The number of hydrogen-bond donors (Lipinski definition) is 2. The van der Waals surface area contributed by atoms with Gasteiger partial charge in [-0.1, -0.05) is 24.4 Å². The Morgan fingerprint density at radius 2 is 2.16 bits per heavy atom. The highest BCUT2D eigenvalue weighted by Gasteiger charge is 2.26. The molecular formula is C14H18ClFN2O. The van der Waals surface area contributed by atoms with Crippen molar-refractivity contribution in [2.75, 3.05) is 6.54 Å². The van der Waals surface area contributed by atoms with Crippen molar-refractivity contribution in [2.24, 2.45) is 11.7 Å². The lowest BCUT2D eigenvalue weighted by atomic mass is 9.84. The second-order valence-corrected chi connectivity index (χ2v) is 5.39. The molecule has 0 radical (unpaired) electrons. The van der Waals surface area contributed by atoms with Gasteiger partial charge >= 0.3 is 0 Å². The number of nitrogens with one attached hydrogen (secondary N) is 1. The summed E-state index contributed by atoms with van der Waals surface area (Å²) in [6.45, 7) is 0.572. The van der Waals surface area contributed by atoms with E-state index in [4.69, 9.17) is 17.3 Å². The first kappa shape index (κ1) is 14.3. The number of amides is 1. The van der Waals surface area contributed by atoms with Crippen LogP contribution in [0.5, 0.6) is 0 Å². The molecule has 3 nitrogen and oxygen atoms in total. The molecule has 1 aliphatic rings. The predicted molar refractivity (Wildman–Crippen MR) is 73.7 cm³/mol. The van der Waals surface area contributed by atoms with Gasteiger partial charge in [0.2, 0.25) is 0 Å². The van der Waals surface area contributed by atoms with E-state index in [0.717, 1.165) is 31.7 Å². The highest BCUT2D eigenvalue weighted by atomic mass is 35.5. The average Bonchev–Trinajstić information content (AvgIpc) is 2.39. The first-order chi connectivity index (χ1) is 9.11. The zero-order chi connectivity index (χ0) is 13.8. The molecule has 0 aromatic heterocycles. The van der Waals surface area contributed by atoms with Gasteiger partial charge in [0.05, 0.1) is 10.6 Å². The molecule has 2 rings (SSSR count). The molecule has 0 bridgehead atoms.